The van der Waals surface area contributed by atoms with E-state index in [1.807, 2.05) is 0 Å². The number of fused-ring (bicyclic) bond motifs is 1. The highest BCUT2D eigenvalue weighted by molar-refractivity contribution is 9.10. The predicted octanol–water partition coefficient (Wildman–Crippen LogP) is 3.91. The van der Waals surface area contributed by atoms with Gasteiger partial charge in [0.05, 0.1) is 10.2 Å². The molecule has 4 nitrogen and oxygen atoms in total. The van der Waals surface area contributed by atoms with Crippen LogP contribution in [0, 0.1) is 5.82 Å². The van der Waals surface area contributed by atoms with Crippen LogP contribution in [0.1, 0.15) is 28.8 Å². The SMILES string of the molecule is O=C1CCCc2ccc(NS(=O)(=O)c3ccccc3F)c(Br)c21. The highest BCUT2D eigenvalue weighted by Crippen LogP contribution is 2.35. The van der Waals surface area contributed by atoms with Gasteiger partial charge in [0.15, 0.2) is 5.78 Å². The lowest BCUT2D eigenvalue weighted by molar-refractivity contribution is 0.0971. The van der Waals surface area contributed by atoms with E-state index < -0.39 is 20.7 Å². The molecule has 2 aromatic carbocycles. The summed E-state index contributed by atoms with van der Waals surface area (Å²) in [6.45, 7) is 0. The van der Waals surface area contributed by atoms with Gasteiger partial charge in [0.2, 0.25) is 0 Å². The fourth-order valence-electron chi connectivity index (χ4n) is 2.63. The Morgan fingerprint density at radius 2 is 1.83 bits per heavy atom. The number of anilines is 1. The lowest BCUT2D eigenvalue weighted by atomic mass is 9.90. The molecule has 1 N–H and O–H groups in total. The van der Waals surface area contributed by atoms with Crippen molar-refractivity contribution in [3.63, 3.8) is 0 Å². The number of carbonyl (C=O) groups is 1. The summed E-state index contributed by atoms with van der Waals surface area (Å²) in [5, 5.41) is 0. The molecule has 0 bridgehead atoms. The molecule has 1 aliphatic rings. The minimum atomic E-state index is -4.08. The number of benzene rings is 2. The fraction of sp³-hybridized carbons (Fsp3) is 0.188. The first kappa shape index (κ1) is 16.1. The molecule has 0 amide bonds. The van der Waals surface area contributed by atoms with Crippen LogP contribution >= 0.6 is 15.9 Å². The summed E-state index contributed by atoms with van der Waals surface area (Å²) in [5.41, 5.74) is 1.62. The van der Waals surface area contributed by atoms with Gasteiger partial charge in [-0.1, -0.05) is 18.2 Å². The minimum Gasteiger partial charge on any atom is -0.294 e. The summed E-state index contributed by atoms with van der Waals surface area (Å²) in [5.74, 6) is -0.852. The van der Waals surface area contributed by atoms with E-state index in [9.17, 15) is 17.6 Å². The molecule has 0 heterocycles. The summed E-state index contributed by atoms with van der Waals surface area (Å²) in [4.78, 5) is 11.6. The van der Waals surface area contributed by atoms with E-state index in [1.165, 1.54) is 18.2 Å². The van der Waals surface area contributed by atoms with Crippen molar-refractivity contribution >= 4 is 37.4 Å². The summed E-state index contributed by atoms with van der Waals surface area (Å²) in [6, 6.07) is 8.45. The Labute approximate surface area is 141 Å². The number of rotatable bonds is 3. The molecule has 0 saturated heterocycles. The maximum Gasteiger partial charge on any atom is 0.264 e. The molecule has 0 aromatic heterocycles. The molecule has 2 aromatic rings. The summed E-state index contributed by atoms with van der Waals surface area (Å²) >= 11 is 3.31. The second-order valence-electron chi connectivity index (χ2n) is 5.27. The number of hydrogen-bond donors (Lipinski definition) is 1. The third-order valence-corrected chi connectivity index (χ3v) is 5.95. The first-order valence-corrected chi connectivity index (χ1v) is 9.29. The number of halogens is 2. The van der Waals surface area contributed by atoms with Gasteiger partial charge in [-0.05, 0) is 52.5 Å². The van der Waals surface area contributed by atoms with E-state index in [1.54, 1.807) is 12.1 Å². The van der Waals surface area contributed by atoms with E-state index in [0.717, 1.165) is 24.5 Å². The molecule has 3 rings (SSSR count). The van der Waals surface area contributed by atoms with Crippen molar-refractivity contribution in [1.82, 2.24) is 0 Å². The molecule has 0 unspecified atom stereocenters. The van der Waals surface area contributed by atoms with Gasteiger partial charge in [0.25, 0.3) is 10.0 Å². The maximum absolute atomic E-state index is 13.7. The zero-order valence-corrected chi connectivity index (χ0v) is 14.4. The monoisotopic (exact) mass is 397 g/mol. The third kappa shape index (κ3) is 3.03. The topological polar surface area (TPSA) is 63.2 Å². The second kappa shape index (κ2) is 6.05. The van der Waals surface area contributed by atoms with E-state index in [-0.39, 0.29) is 11.5 Å². The Morgan fingerprint density at radius 1 is 1.09 bits per heavy atom. The van der Waals surface area contributed by atoms with Gasteiger partial charge in [-0.2, -0.15) is 0 Å². The maximum atomic E-state index is 13.7. The first-order valence-electron chi connectivity index (χ1n) is 7.02. The third-order valence-electron chi connectivity index (χ3n) is 3.73. The second-order valence-corrected chi connectivity index (χ2v) is 7.72. The van der Waals surface area contributed by atoms with Gasteiger partial charge in [0, 0.05) is 12.0 Å². The van der Waals surface area contributed by atoms with Crippen LogP contribution in [0.2, 0.25) is 0 Å². The van der Waals surface area contributed by atoms with Crippen molar-refractivity contribution in [2.75, 3.05) is 4.72 Å². The molecule has 0 saturated carbocycles. The van der Waals surface area contributed by atoms with Crippen molar-refractivity contribution in [3.8, 4) is 0 Å². The van der Waals surface area contributed by atoms with Crippen molar-refractivity contribution in [1.29, 1.82) is 0 Å². The normalized spacial score (nSPS) is 14.4. The van der Waals surface area contributed by atoms with Crippen LogP contribution in [0.3, 0.4) is 0 Å². The lowest BCUT2D eigenvalue weighted by Gasteiger charge is -2.19. The van der Waals surface area contributed by atoms with Crippen LogP contribution in [-0.4, -0.2) is 14.2 Å². The lowest BCUT2D eigenvalue weighted by Crippen LogP contribution is -2.17. The number of hydrogen-bond acceptors (Lipinski definition) is 3. The van der Waals surface area contributed by atoms with E-state index in [2.05, 4.69) is 20.7 Å². The first-order chi connectivity index (χ1) is 10.9. The Bertz CT molecular complexity index is 896. The summed E-state index contributed by atoms with van der Waals surface area (Å²) in [7, 11) is -4.08. The quantitative estimate of drug-likeness (QED) is 0.853. The van der Waals surface area contributed by atoms with E-state index in [0.29, 0.717) is 16.5 Å². The molecule has 0 radical (unpaired) electrons. The molecule has 0 atom stereocenters. The zero-order chi connectivity index (χ0) is 16.6. The van der Waals surface area contributed by atoms with Gasteiger partial charge < -0.3 is 0 Å². The van der Waals surface area contributed by atoms with Crippen molar-refractivity contribution in [3.05, 3.63) is 57.8 Å². The van der Waals surface area contributed by atoms with Gasteiger partial charge in [0.1, 0.15) is 10.7 Å². The smallest absolute Gasteiger partial charge is 0.264 e. The predicted molar refractivity (Wildman–Crippen MR) is 88.6 cm³/mol. The molecular formula is C16H13BrFNO3S. The van der Waals surface area contributed by atoms with Crippen LogP contribution in [0.15, 0.2) is 45.8 Å². The number of ketones is 1. The molecule has 7 heteroatoms. The average molecular weight is 398 g/mol. The fourth-order valence-corrected chi connectivity index (χ4v) is 4.62. The number of Topliss-reactive ketones (excluding diaryl/α,β-unsaturated/α-hetero) is 1. The summed E-state index contributed by atoms with van der Waals surface area (Å²) < 4.78 is 41.2. The molecule has 23 heavy (non-hydrogen) atoms. The van der Waals surface area contributed by atoms with Gasteiger partial charge >= 0.3 is 0 Å². The molecule has 0 aliphatic heterocycles. The Morgan fingerprint density at radius 3 is 2.57 bits per heavy atom. The van der Waals surface area contributed by atoms with Crippen molar-refractivity contribution in [2.45, 2.75) is 24.2 Å². The van der Waals surface area contributed by atoms with Crippen LogP contribution in [0.5, 0.6) is 0 Å². The number of carbonyl (C=O) groups excluding carboxylic acids is 1. The van der Waals surface area contributed by atoms with E-state index in [4.69, 9.17) is 0 Å². The standard InChI is InChI=1S/C16H13BrFNO3S/c17-16-12(9-8-10-4-3-6-13(20)15(10)16)19-23(21,22)14-7-2-1-5-11(14)18/h1-2,5,7-9,19H,3-4,6H2. The van der Waals surface area contributed by atoms with Crippen molar-refractivity contribution < 1.29 is 17.6 Å². The molecular weight excluding hydrogens is 385 g/mol. The Hall–Kier alpha value is -1.73. The number of aryl methyl sites for hydroxylation is 1. The van der Waals surface area contributed by atoms with Crippen LogP contribution in [0.4, 0.5) is 10.1 Å². The molecule has 1 aliphatic carbocycles. The zero-order valence-electron chi connectivity index (χ0n) is 12.0. The number of nitrogens with one attached hydrogen (secondary N) is 1. The van der Waals surface area contributed by atoms with Gasteiger partial charge in [-0.3, -0.25) is 9.52 Å². The van der Waals surface area contributed by atoms with Crippen LogP contribution in [-0.2, 0) is 16.4 Å². The van der Waals surface area contributed by atoms with Crippen LogP contribution < -0.4 is 4.72 Å². The van der Waals surface area contributed by atoms with Crippen molar-refractivity contribution in [2.24, 2.45) is 0 Å². The highest BCUT2D eigenvalue weighted by Gasteiger charge is 2.25. The average Bonchev–Trinajstić information content (AvgIpc) is 2.50. The Balaban J connectivity index is 2.03. The minimum absolute atomic E-state index is 0.0231. The Kier molecular flexibility index (Phi) is 4.25. The molecule has 120 valence electrons. The van der Waals surface area contributed by atoms with E-state index >= 15 is 0 Å². The molecule has 0 spiro atoms. The molecule has 0 fully saturated rings. The number of sulfonamides is 1. The van der Waals surface area contributed by atoms with Gasteiger partial charge in [-0.25, -0.2) is 12.8 Å². The summed E-state index contributed by atoms with van der Waals surface area (Å²) in [6.07, 6.45) is 2.01. The van der Waals surface area contributed by atoms with Gasteiger partial charge in [-0.15, -0.1) is 0 Å². The largest absolute Gasteiger partial charge is 0.294 e. The van der Waals surface area contributed by atoms with Crippen LogP contribution in [0.25, 0.3) is 0 Å². The highest BCUT2D eigenvalue weighted by atomic mass is 79.9.